The van der Waals surface area contributed by atoms with E-state index in [1.165, 1.54) is 0 Å². The molecule has 3 unspecified atom stereocenters. The molecule has 0 bridgehead atoms. The molecule has 1 aromatic heterocycles. The number of carbonyl (C=O) groups is 3. The average molecular weight is 514 g/mol. The van der Waals surface area contributed by atoms with E-state index in [-0.39, 0.29) is 18.4 Å². The van der Waals surface area contributed by atoms with Gasteiger partial charge in [0.15, 0.2) is 0 Å². The summed E-state index contributed by atoms with van der Waals surface area (Å²) in [6.45, 7) is 14.3. The van der Waals surface area contributed by atoms with Crippen molar-refractivity contribution in [3.63, 3.8) is 0 Å². The molecule has 1 heterocycles. The van der Waals surface area contributed by atoms with Crippen molar-refractivity contribution in [2.24, 2.45) is 11.8 Å². The highest BCUT2D eigenvalue weighted by molar-refractivity contribution is 5.88. The van der Waals surface area contributed by atoms with Crippen LogP contribution >= 0.6 is 0 Å². The summed E-state index contributed by atoms with van der Waals surface area (Å²) in [7, 11) is 0. The van der Waals surface area contributed by atoms with Gasteiger partial charge < -0.3 is 19.1 Å². The van der Waals surface area contributed by atoms with Crippen molar-refractivity contribution in [2.75, 3.05) is 6.54 Å². The second kappa shape index (κ2) is 10.2. The van der Waals surface area contributed by atoms with Gasteiger partial charge in [0.1, 0.15) is 16.6 Å². The predicted molar refractivity (Wildman–Crippen MR) is 139 cm³/mol. The quantitative estimate of drug-likeness (QED) is 0.504. The van der Waals surface area contributed by atoms with E-state index < -0.39 is 34.8 Å². The topological polar surface area (TPSA) is 111 Å². The Morgan fingerprint density at radius 1 is 1.08 bits per heavy atom. The largest absolute Gasteiger partial charge is 0.481 e. The molecule has 1 aliphatic rings. The first-order valence-electron chi connectivity index (χ1n) is 12.6. The fraction of sp³-hybridized carbons (Fsp3) is 0.571. The molecule has 1 fully saturated rings. The first-order valence-corrected chi connectivity index (χ1v) is 12.6. The molecular formula is C28H39N3O6. The van der Waals surface area contributed by atoms with E-state index in [9.17, 15) is 19.5 Å². The number of carboxylic acid groups (broad SMARTS) is 1. The van der Waals surface area contributed by atoms with Crippen molar-refractivity contribution in [1.29, 1.82) is 0 Å². The number of imide groups is 1. The maximum Gasteiger partial charge on any atom is 0.419 e. The Balaban J connectivity index is 1.74. The van der Waals surface area contributed by atoms with Crippen LogP contribution in [0.4, 0.5) is 9.59 Å². The second-order valence-electron chi connectivity index (χ2n) is 12.1. The molecule has 2 aromatic rings. The smallest absolute Gasteiger partial charge is 0.419 e. The Bertz CT molecular complexity index is 1110. The number of amides is 2. The van der Waals surface area contributed by atoms with Crippen LogP contribution in [0.25, 0.3) is 5.69 Å². The van der Waals surface area contributed by atoms with Crippen molar-refractivity contribution in [3.05, 3.63) is 48.0 Å². The molecule has 1 aliphatic carbocycles. The molecule has 3 atom stereocenters. The van der Waals surface area contributed by atoms with Crippen LogP contribution in [0.3, 0.4) is 0 Å². The zero-order chi connectivity index (χ0) is 27.8. The SMILES string of the molecule is Cc1ccc(-n2cnc(C3(C(=O)O)CC3CC(C)CN(C(=O)OC(C)(C)C)C(=O)OC(C)(C)C)c2)cc1. The summed E-state index contributed by atoms with van der Waals surface area (Å²) >= 11 is 0. The number of carboxylic acids is 1. The third-order valence-corrected chi connectivity index (χ3v) is 6.27. The van der Waals surface area contributed by atoms with E-state index >= 15 is 0 Å². The lowest BCUT2D eigenvalue weighted by Gasteiger charge is -2.30. The van der Waals surface area contributed by atoms with Crippen molar-refractivity contribution in [3.8, 4) is 5.69 Å². The van der Waals surface area contributed by atoms with Gasteiger partial charge in [-0.25, -0.2) is 19.5 Å². The van der Waals surface area contributed by atoms with Crippen LogP contribution in [0.5, 0.6) is 0 Å². The second-order valence-corrected chi connectivity index (χ2v) is 12.1. The number of aromatic nitrogens is 2. The van der Waals surface area contributed by atoms with Crippen molar-refractivity contribution in [1.82, 2.24) is 14.5 Å². The third-order valence-electron chi connectivity index (χ3n) is 6.27. The van der Waals surface area contributed by atoms with E-state index in [0.717, 1.165) is 16.2 Å². The summed E-state index contributed by atoms with van der Waals surface area (Å²) in [6, 6.07) is 7.90. The van der Waals surface area contributed by atoms with Gasteiger partial charge in [-0.05, 0) is 85.3 Å². The number of hydrogen-bond acceptors (Lipinski definition) is 6. The summed E-state index contributed by atoms with van der Waals surface area (Å²) < 4.78 is 12.7. The fourth-order valence-electron chi connectivity index (χ4n) is 4.44. The number of ether oxygens (including phenoxy) is 2. The zero-order valence-corrected chi connectivity index (χ0v) is 23.1. The van der Waals surface area contributed by atoms with Crippen molar-refractivity contribution >= 4 is 18.2 Å². The fourth-order valence-corrected chi connectivity index (χ4v) is 4.44. The van der Waals surface area contributed by atoms with Crippen LogP contribution in [-0.2, 0) is 19.7 Å². The maximum absolute atomic E-state index is 12.8. The Morgan fingerprint density at radius 2 is 1.62 bits per heavy atom. The minimum Gasteiger partial charge on any atom is -0.481 e. The Kier molecular flexibility index (Phi) is 7.77. The number of aliphatic carboxylic acids is 1. The van der Waals surface area contributed by atoms with Crippen LogP contribution in [0.1, 0.15) is 72.6 Å². The molecule has 1 aromatic carbocycles. The summed E-state index contributed by atoms with van der Waals surface area (Å²) in [4.78, 5) is 43.5. The molecule has 1 saturated carbocycles. The number of benzene rings is 1. The molecule has 202 valence electrons. The number of imidazole rings is 1. The molecule has 0 saturated heterocycles. The molecule has 37 heavy (non-hydrogen) atoms. The van der Waals surface area contributed by atoms with Crippen LogP contribution in [0, 0.1) is 18.8 Å². The average Bonchev–Trinajstić information content (AvgIpc) is 3.24. The van der Waals surface area contributed by atoms with Gasteiger partial charge in [-0.15, -0.1) is 0 Å². The number of aryl methyl sites for hydroxylation is 1. The summed E-state index contributed by atoms with van der Waals surface area (Å²) in [5.41, 5.74) is -0.117. The normalized spacial score (nSPS) is 20.2. The van der Waals surface area contributed by atoms with Gasteiger partial charge >= 0.3 is 18.2 Å². The molecule has 0 radical (unpaired) electrons. The Labute approximate surface area is 218 Å². The van der Waals surface area contributed by atoms with E-state index in [1.807, 2.05) is 42.7 Å². The Hall–Kier alpha value is -3.36. The minimum atomic E-state index is -1.09. The molecule has 9 nitrogen and oxygen atoms in total. The predicted octanol–water partition coefficient (Wildman–Crippen LogP) is 5.72. The lowest BCUT2D eigenvalue weighted by atomic mass is 9.94. The van der Waals surface area contributed by atoms with E-state index in [0.29, 0.717) is 18.5 Å². The summed E-state index contributed by atoms with van der Waals surface area (Å²) in [5.74, 6) is -1.29. The van der Waals surface area contributed by atoms with Gasteiger partial charge in [0.05, 0.1) is 12.0 Å². The monoisotopic (exact) mass is 513 g/mol. The van der Waals surface area contributed by atoms with Gasteiger partial charge in [-0.2, -0.15) is 0 Å². The van der Waals surface area contributed by atoms with Crippen LogP contribution in [0.15, 0.2) is 36.8 Å². The minimum absolute atomic E-state index is 0.0494. The van der Waals surface area contributed by atoms with Crippen LogP contribution in [0.2, 0.25) is 0 Å². The third kappa shape index (κ3) is 6.90. The van der Waals surface area contributed by atoms with Gasteiger partial charge in [-0.1, -0.05) is 24.6 Å². The Morgan fingerprint density at radius 3 is 2.11 bits per heavy atom. The van der Waals surface area contributed by atoms with E-state index in [1.54, 1.807) is 54.1 Å². The number of carbonyl (C=O) groups excluding carboxylic acids is 2. The summed E-state index contributed by atoms with van der Waals surface area (Å²) in [5, 5.41) is 10.2. The van der Waals surface area contributed by atoms with E-state index in [4.69, 9.17) is 9.47 Å². The highest BCUT2D eigenvalue weighted by Crippen LogP contribution is 2.57. The lowest BCUT2D eigenvalue weighted by Crippen LogP contribution is -2.45. The number of hydrogen-bond donors (Lipinski definition) is 1. The first kappa shape index (κ1) is 28.2. The van der Waals surface area contributed by atoms with Crippen LogP contribution < -0.4 is 0 Å². The molecule has 3 rings (SSSR count). The van der Waals surface area contributed by atoms with Gasteiger partial charge in [0, 0.05) is 18.4 Å². The van der Waals surface area contributed by atoms with Crippen molar-refractivity contribution in [2.45, 2.75) is 84.8 Å². The standard InChI is InChI=1S/C28H39N3O6/c1-18-9-11-21(12-10-18)30-16-22(29-17-30)28(23(32)33)14-20(28)13-19(2)15-31(24(34)36-26(3,4)5)25(35)37-27(6,7)8/h9-12,16-17,19-20H,13-15H2,1-8H3,(H,32,33). The van der Waals surface area contributed by atoms with Crippen LogP contribution in [-0.4, -0.2) is 55.5 Å². The highest BCUT2D eigenvalue weighted by atomic mass is 16.6. The molecular weight excluding hydrogens is 474 g/mol. The molecule has 0 aliphatic heterocycles. The van der Waals surface area contributed by atoms with Gasteiger partial charge in [0.25, 0.3) is 0 Å². The number of nitrogens with zero attached hydrogens (tertiary/aromatic N) is 3. The summed E-state index contributed by atoms with van der Waals surface area (Å²) in [6.07, 6.45) is 2.77. The molecule has 2 amide bonds. The molecule has 1 N–H and O–H groups in total. The van der Waals surface area contributed by atoms with Crippen molar-refractivity contribution < 1.29 is 29.0 Å². The van der Waals surface area contributed by atoms with Gasteiger partial charge in [0.2, 0.25) is 0 Å². The molecule has 9 heteroatoms. The zero-order valence-electron chi connectivity index (χ0n) is 23.1. The van der Waals surface area contributed by atoms with Gasteiger partial charge in [-0.3, -0.25) is 4.79 Å². The number of rotatable bonds is 7. The highest BCUT2D eigenvalue weighted by Gasteiger charge is 2.63. The lowest BCUT2D eigenvalue weighted by molar-refractivity contribution is -0.140. The van der Waals surface area contributed by atoms with E-state index in [2.05, 4.69) is 4.98 Å². The maximum atomic E-state index is 12.8. The first-order chi connectivity index (χ1) is 17.0. The molecule has 0 spiro atoms.